The van der Waals surface area contributed by atoms with E-state index in [0.29, 0.717) is 0 Å². The Hall–Kier alpha value is -0.670. The summed E-state index contributed by atoms with van der Waals surface area (Å²) >= 11 is 7.83. The molecule has 1 amide bonds. The molecule has 2 atom stereocenters. The fourth-order valence-electron chi connectivity index (χ4n) is 1.96. The van der Waals surface area contributed by atoms with Crippen LogP contribution in [-0.2, 0) is 4.79 Å². The second kappa shape index (κ2) is 5.78. The van der Waals surface area contributed by atoms with Gasteiger partial charge in [-0.05, 0) is 37.1 Å². The molecule has 0 aromatic heterocycles. The molecule has 0 bridgehead atoms. The summed E-state index contributed by atoms with van der Waals surface area (Å²) in [6.45, 7) is 1.91. The number of hydrogen-bond donors (Lipinski definition) is 1. The second-order valence-electron chi connectivity index (χ2n) is 4.19. The molecule has 1 aliphatic heterocycles. The molecule has 0 spiro atoms. The third-order valence-corrected chi connectivity index (χ3v) is 4.48. The van der Waals surface area contributed by atoms with Gasteiger partial charge in [-0.2, -0.15) is 0 Å². The molecule has 4 heteroatoms. The quantitative estimate of drug-likeness (QED) is 0.845. The van der Waals surface area contributed by atoms with Gasteiger partial charge in [-0.25, -0.2) is 0 Å². The Morgan fingerprint density at radius 3 is 2.94 bits per heavy atom. The molecule has 1 N–H and O–H groups in total. The lowest BCUT2D eigenvalue weighted by molar-refractivity contribution is -0.115. The topological polar surface area (TPSA) is 29.1 Å². The molecular weight excluding hydrogens is 254 g/mol. The lowest BCUT2D eigenvalue weighted by atomic mass is 10.1. The SMILES string of the molecule is CC(Cl)c1ccccc1NC(=O)C1CCCS1. The number of carbonyl (C=O) groups excluding carboxylic acids is 1. The van der Waals surface area contributed by atoms with E-state index >= 15 is 0 Å². The number of anilines is 1. The van der Waals surface area contributed by atoms with Gasteiger partial charge in [0, 0.05) is 5.69 Å². The van der Waals surface area contributed by atoms with E-state index in [-0.39, 0.29) is 16.5 Å². The highest BCUT2D eigenvalue weighted by Crippen LogP contribution is 2.30. The first-order valence-corrected chi connectivity index (χ1v) is 7.32. The number of thioether (sulfide) groups is 1. The molecule has 1 saturated heterocycles. The number of halogens is 1. The highest BCUT2D eigenvalue weighted by Gasteiger charge is 2.24. The third-order valence-electron chi connectivity index (χ3n) is 2.87. The van der Waals surface area contributed by atoms with Crippen molar-refractivity contribution in [2.24, 2.45) is 0 Å². The molecule has 1 fully saturated rings. The summed E-state index contributed by atoms with van der Waals surface area (Å²) in [6, 6.07) is 7.72. The van der Waals surface area contributed by atoms with Gasteiger partial charge in [0.25, 0.3) is 0 Å². The molecule has 92 valence electrons. The first kappa shape index (κ1) is 12.8. The van der Waals surface area contributed by atoms with Crippen molar-refractivity contribution in [3.8, 4) is 0 Å². The summed E-state index contributed by atoms with van der Waals surface area (Å²) < 4.78 is 0. The maximum atomic E-state index is 12.0. The normalized spacial score (nSPS) is 21.2. The molecule has 2 nitrogen and oxygen atoms in total. The molecule has 17 heavy (non-hydrogen) atoms. The first-order chi connectivity index (χ1) is 8.18. The Morgan fingerprint density at radius 2 is 2.29 bits per heavy atom. The van der Waals surface area contributed by atoms with Crippen LogP contribution >= 0.6 is 23.4 Å². The van der Waals surface area contributed by atoms with Crippen LogP contribution in [0, 0.1) is 0 Å². The van der Waals surface area contributed by atoms with Crippen LogP contribution in [0.3, 0.4) is 0 Å². The van der Waals surface area contributed by atoms with E-state index in [9.17, 15) is 4.79 Å². The minimum absolute atomic E-state index is 0.0947. The van der Waals surface area contributed by atoms with Gasteiger partial charge in [0.1, 0.15) is 0 Å². The van der Waals surface area contributed by atoms with Gasteiger partial charge in [0.15, 0.2) is 0 Å². The molecule has 1 heterocycles. The molecule has 0 radical (unpaired) electrons. The lowest BCUT2D eigenvalue weighted by Gasteiger charge is -2.14. The van der Waals surface area contributed by atoms with E-state index in [1.165, 1.54) is 0 Å². The molecule has 1 aromatic carbocycles. The monoisotopic (exact) mass is 269 g/mol. The van der Waals surface area contributed by atoms with Crippen molar-refractivity contribution < 1.29 is 4.79 Å². The third kappa shape index (κ3) is 3.17. The number of benzene rings is 1. The maximum Gasteiger partial charge on any atom is 0.237 e. The molecule has 2 unspecified atom stereocenters. The van der Waals surface area contributed by atoms with Gasteiger partial charge >= 0.3 is 0 Å². The van der Waals surface area contributed by atoms with Crippen LogP contribution in [0.1, 0.15) is 30.7 Å². The van der Waals surface area contributed by atoms with Gasteiger partial charge < -0.3 is 5.32 Å². The van der Waals surface area contributed by atoms with Gasteiger partial charge in [0.2, 0.25) is 5.91 Å². The highest BCUT2D eigenvalue weighted by atomic mass is 35.5. The zero-order chi connectivity index (χ0) is 12.3. The number of carbonyl (C=O) groups is 1. The number of rotatable bonds is 3. The van der Waals surface area contributed by atoms with Crippen LogP contribution < -0.4 is 5.32 Å². The van der Waals surface area contributed by atoms with Crippen molar-refractivity contribution in [3.63, 3.8) is 0 Å². The van der Waals surface area contributed by atoms with E-state index in [2.05, 4.69) is 5.32 Å². The summed E-state index contributed by atoms with van der Waals surface area (Å²) in [5.41, 5.74) is 1.82. The largest absolute Gasteiger partial charge is 0.325 e. The summed E-state index contributed by atoms with van der Waals surface area (Å²) in [6.07, 6.45) is 2.12. The fourth-order valence-corrected chi connectivity index (χ4v) is 3.31. The van der Waals surface area contributed by atoms with Crippen LogP contribution in [0.15, 0.2) is 24.3 Å². The van der Waals surface area contributed by atoms with Crippen molar-refractivity contribution in [2.75, 3.05) is 11.1 Å². The molecule has 0 aliphatic carbocycles. The Morgan fingerprint density at radius 1 is 1.53 bits per heavy atom. The molecule has 1 aliphatic rings. The number of nitrogens with one attached hydrogen (secondary N) is 1. The van der Waals surface area contributed by atoms with Crippen molar-refractivity contribution >= 4 is 35.0 Å². The van der Waals surface area contributed by atoms with Crippen LogP contribution in [0.4, 0.5) is 5.69 Å². The van der Waals surface area contributed by atoms with Crippen molar-refractivity contribution in [3.05, 3.63) is 29.8 Å². The predicted octanol–water partition coefficient (Wildman–Crippen LogP) is 3.82. The zero-order valence-corrected chi connectivity index (χ0v) is 11.4. The molecular formula is C13H16ClNOS. The standard InChI is InChI=1S/C13H16ClNOS/c1-9(14)10-5-2-3-6-11(10)15-13(16)12-7-4-8-17-12/h2-3,5-6,9,12H,4,7-8H2,1H3,(H,15,16). The van der Waals surface area contributed by atoms with Gasteiger partial charge in [-0.1, -0.05) is 18.2 Å². The highest BCUT2D eigenvalue weighted by molar-refractivity contribution is 8.00. The smallest absolute Gasteiger partial charge is 0.237 e. The van der Waals surface area contributed by atoms with Crippen molar-refractivity contribution in [1.29, 1.82) is 0 Å². The Labute approximate surface area is 111 Å². The number of hydrogen-bond acceptors (Lipinski definition) is 2. The Kier molecular flexibility index (Phi) is 4.35. The predicted molar refractivity (Wildman–Crippen MR) is 74.8 cm³/mol. The minimum Gasteiger partial charge on any atom is -0.325 e. The van der Waals surface area contributed by atoms with Crippen LogP contribution in [0.5, 0.6) is 0 Å². The minimum atomic E-state index is -0.0947. The lowest BCUT2D eigenvalue weighted by Crippen LogP contribution is -2.23. The zero-order valence-electron chi connectivity index (χ0n) is 9.78. The second-order valence-corrected chi connectivity index (χ2v) is 6.16. The Bertz CT molecular complexity index is 402. The van der Waals surface area contributed by atoms with E-state index < -0.39 is 0 Å². The number of para-hydroxylation sites is 1. The van der Waals surface area contributed by atoms with E-state index in [1.807, 2.05) is 31.2 Å². The van der Waals surface area contributed by atoms with Crippen LogP contribution in [0.2, 0.25) is 0 Å². The van der Waals surface area contributed by atoms with Gasteiger partial charge in [0.05, 0.1) is 10.6 Å². The molecule has 2 rings (SSSR count). The molecule has 0 saturated carbocycles. The molecule has 1 aromatic rings. The van der Waals surface area contributed by atoms with Gasteiger partial charge in [-0.15, -0.1) is 23.4 Å². The van der Waals surface area contributed by atoms with Crippen LogP contribution in [0.25, 0.3) is 0 Å². The van der Waals surface area contributed by atoms with E-state index in [4.69, 9.17) is 11.6 Å². The summed E-state index contributed by atoms with van der Waals surface area (Å²) in [4.78, 5) is 12.0. The van der Waals surface area contributed by atoms with Gasteiger partial charge in [-0.3, -0.25) is 4.79 Å². The average Bonchev–Trinajstić information content (AvgIpc) is 2.83. The Balaban J connectivity index is 2.09. The summed E-state index contributed by atoms with van der Waals surface area (Å²) in [5.74, 6) is 1.20. The van der Waals surface area contributed by atoms with Crippen molar-refractivity contribution in [2.45, 2.75) is 30.4 Å². The number of amides is 1. The van der Waals surface area contributed by atoms with E-state index in [1.54, 1.807) is 11.8 Å². The fraction of sp³-hybridized carbons (Fsp3) is 0.462. The average molecular weight is 270 g/mol. The van der Waals surface area contributed by atoms with E-state index in [0.717, 1.165) is 29.8 Å². The van der Waals surface area contributed by atoms with Crippen LogP contribution in [-0.4, -0.2) is 16.9 Å². The first-order valence-electron chi connectivity index (χ1n) is 5.84. The maximum absolute atomic E-state index is 12.0. The number of alkyl halides is 1. The van der Waals surface area contributed by atoms with Crippen molar-refractivity contribution in [1.82, 2.24) is 0 Å². The summed E-state index contributed by atoms with van der Waals surface area (Å²) in [7, 11) is 0. The summed E-state index contributed by atoms with van der Waals surface area (Å²) in [5, 5.41) is 3.00.